The van der Waals surface area contributed by atoms with Crippen LogP contribution in [0.25, 0.3) is 0 Å². The van der Waals surface area contributed by atoms with Crippen molar-refractivity contribution in [3.63, 3.8) is 0 Å². The number of benzene rings is 1. The quantitative estimate of drug-likeness (QED) is 0.491. The van der Waals surface area contributed by atoms with Gasteiger partial charge in [-0.3, -0.25) is 4.90 Å². The lowest BCUT2D eigenvalue weighted by molar-refractivity contribution is 0.0317. The molecule has 2 aromatic rings. The molecule has 0 radical (unpaired) electrons. The molecular formula is C20H27N7O2. The second kappa shape index (κ2) is 11.1. The first-order chi connectivity index (χ1) is 14.2. The lowest BCUT2D eigenvalue weighted by Crippen LogP contribution is -2.38. The second-order valence-electron chi connectivity index (χ2n) is 6.50. The van der Waals surface area contributed by atoms with Crippen molar-refractivity contribution in [3.05, 3.63) is 47.7 Å². The Bertz CT molecular complexity index is 835. The van der Waals surface area contributed by atoms with Gasteiger partial charge in [-0.1, -0.05) is 35.9 Å². The van der Waals surface area contributed by atoms with Crippen LogP contribution in [0.4, 0.5) is 11.9 Å². The first kappa shape index (κ1) is 20.7. The Hall–Kier alpha value is -3.04. The maximum Gasteiger partial charge on any atom is 0.323 e. The molecular weight excluding hydrogens is 370 g/mol. The van der Waals surface area contributed by atoms with E-state index in [1.165, 1.54) is 5.56 Å². The number of ether oxygens (including phenoxy) is 2. The van der Waals surface area contributed by atoms with Gasteiger partial charge >= 0.3 is 6.01 Å². The van der Waals surface area contributed by atoms with Crippen LogP contribution in [0.1, 0.15) is 18.1 Å². The molecule has 154 valence electrons. The number of hydrogen-bond donors (Lipinski definition) is 2. The van der Waals surface area contributed by atoms with Crippen LogP contribution in [0.15, 0.2) is 41.6 Å². The molecule has 3 rings (SSSR count). The van der Waals surface area contributed by atoms with Crippen LogP contribution in [0.2, 0.25) is 0 Å². The molecule has 29 heavy (non-hydrogen) atoms. The molecule has 0 spiro atoms. The summed E-state index contributed by atoms with van der Waals surface area (Å²) in [6.45, 7) is 8.56. The van der Waals surface area contributed by atoms with Crippen LogP contribution in [-0.4, -0.2) is 65.5 Å². The number of aryl methyl sites for hydroxylation is 1. The topological polar surface area (TPSA) is 96.8 Å². The van der Waals surface area contributed by atoms with Crippen LogP contribution in [0, 0.1) is 6.92 Å². The SMILES string of the molecule is C/C=C\Nc1nc(N/N=C/c2cccc(C)c2)nc(OCCN2CCOCC2)n1. The first-order valence-electron chi connectivity index (χ1n) is 9.65. The first-order valence-corrected chi connectivity index (χ1v) is 9.65. The molecule has 2 N–H and O–H groups in total. The predicted octanol–water partition coefficient (Wildman–Crippen LogP) is 2.28. The maximum absolute atomic E-state index is 5.75. The highest BCUT2D eigenvalue weighted by Gasteiger charge is 2.11. The zero-order valence-corrected chi connectivity index (χ0v) is 16.8. The summed E-state index contributed by atoms with van der Waals surface area (Å²) in [6.07, 6.45) is 5.31. The van der Waals surface area contributed by atoms with E-state index in [0.717, 1.165) is 38.4 Å². The van der Waals surface area contributed by atoms with Gasteiger partial charge in [-0.15, -0.1) is 0 Å². The van der Waals surface area contributed by atoms with E-state index in [1.54, 1.807) is 12.4 Å². The molecule has 0 aliphatic carbocycles. The van der Waals surface area contributed by atoms with E-state index in [9.17, 15) is 0 Å². The van der Waals surface area contributed by atoms with Gasteiger partial charge in [0.05, 0.1) is 19.4 Å². The summed E-state index contributed by atoms with van der Waals surface area (Å²) in [7, 11) is 0. The van der Waals surface area contributed by atoms with Crippen molar-refractivity contribution < 1.29 is 9.47 Å². The summed E-state index contributed by atoms with van der Waals surface area (Å²) >= 11 is 0. The highest BCUT2D eigenvalue weighted by molar-refractivity contribution is 5.80. The van der Waals surface area contributed by atoms with E-state index in [-0.39, 0.29) is 6.01 Å². The largest absolute Gasteiger partial charge is 0.462 e. The van der Waals surface area contributed by atoms with Crippen molar-refractivity contribution in [2.45, 2.75) is 13.8 Å². The fourth-order valence-corrected chi connectivity index (χ4v) is 2.70. The van der Waals surface area contributed by atoms with Gasteiger partial charge in [0.1, 0.15) is 6.61 Å². The molecule has 1 aliphatic heterocycles. The molecule has 1 aromatic heterocycles. The fraction of sp³-hybridized carbons (Fsp3) is 0.400. The lowest BCUT2D eigenvalue weighted by Gasteiger charge is -2.26. The van der Waals surface area contributed by atoms with Gasteiger partial charge in [0.15, 0.2) is 0 Å². The third kappa shape index (κ3) is 7.13. The minimum Gasteiger partial charge on any atom is -0.462 e. The Morgan fingerprint density at radius 1 is 1.21 bits per heavy atom. The molecule has 0 atom stereocenters. The van der Waals surface area contributed by atoms with E-state index in [0.29, 0.717) is 18.5 Å². The summed E-state index contributed by atoms with van der Waals surface area (Å²) in [5, 5.41) is 7.21. The summed E-state index contributed by atoms with van der Waals surface area (Å²) in [5.41, 5.74) is 5.00. The van der Waals surface area contributed by atoms with Crippen LogP contribution >= 0.6 is 0 Å². The normalized spacial score (nSPS) is 15.1. The van der Waals surface area contributed by atoms with Crippen LogP contribution < -0.4 is 15.5 Å². The number of allylic oxidation sites excluding steroid dienone is 1. The molecule has 0 bridgehead atoms. The molecule has 1 aromatic carbocycles. The lowest BCUT2D eigenvalue weighted by atomic mass is 10.2. The second-order valence-corrected chi connectivity index (χ2v) is 6.50. The van der Waals surface area contributed by atoms with Gasteiger partial charge < -0.3 is 14.8 Å². The average Bonchev–Trinajstić information content (AvgIpc) is 2.73. The minimum absolute atomic E-state index is 0.244. The molecule has 0 unspecified atom stereocenters. The van der Waals surface area contributed by atoms with Crippen LogP contribution in [0.5, 0.6) is 6.01 Å². The maximum atomic E-state index is 5.75. The van der Waals surface area contributed by atoms with Crippen molar-refractivity contribution in [1.29, 1.82) is 0 Å². The van der Waals surface area contributed by atoms with E-state index in [2.05, 4.69) is 35.7 Å². The van der Waals surface area contributed by atoms with Gasteiger partial charge in [0.2, 0.25) is 5.95 Å². The smallest absolute Gasteiger partial charge is 0.323 e. The Balaban J connectivity index is 1.62. The standard InChI is InChI=1S/C20H27N7O2/c1-3-7-21-18-23-19(26-22-15-17-6-4-5-16(2)14-17)25-20(24-18)29-13-10-27-8-11-28-12-9-27/h3-7,14-15H,8-13H2,1-2H3,(H2,21,23,24,25,26)/b7-3-,22-15+. The molecule has 9 heteroatoms. The summed E-state index contributed by atoms with van der Waals surface area (Å²) in [5.74, 6) is 0.685. The highest BCUT2D eigenvalue weighted by Crippen LogP contribution is 2.12. The predicted molar refractivity (Wildman–Crippen MR) is 113 cm³/mol. The third-order valence-electron chi connectivity index (χ3n) is 4.16. The van der Waals surface area contributed by atoms with Gasteiger partial charge in [-0.05, 0) is 25.6 Å². The van der Waals surface area contributed by atoms with Crippen LogP contribution in [-0.2, 0) is 4.74 Å². The number of nitrogens with one attached hydrogen (secondary N) is 2. The number of nitrogens with zero attached hydrogens (tertiary/aromatic N) is 5. The molecule has 0 saturated carbocycles. The van der Waals surface area contributed by atoms with Crippen molar-refractivity contribution in [3.8, 4) is 6.01 Å². The van der Waals surface area contributed by atoms with E-state index in [1.807, 2.05) is 44.2 Å². The summed E-state index contributed by atoms with van der Waals surface area (Å²) < 4.78 is 11.1. The molecule has 2 heterocycles. The van der Waals surface area contributed by atoms with E-state index >= 15 is 0 Å². The zero-order valence-electron chi connectivity index (χ0n) is 16.8. The van der Waals surface area contributed by atoms with Crippen molar-refractivity contribution in [1.82, 2.24) is 19.9 Å². The number of rotatable bonds is 9. The van der Waals surface area contributed by atoms with Gasteiger partial charge in [-0.2, -0.15) is 20.1 Å². The number of hydrogen-bond acceptors (Lipinski definition) is 9. The van der Waals surface area contributed by atoms with Crippen LogP contribution in [0.3, 0.4) is 0 Å². The Morgan fingerprint density at radius 2 is 2.03 bits per heavy atom. The Labute approximate surface area is 170 Å². The minimum atomic E-state index is 0.244. The molecule has 9 nitrogen and oxygen atoms in total. The number of aromatic nitrogens is 3. The highest BCUT2D eigenvalue weighted by atomic mass is 16.5. The van der Waals surface area contributed by atoms with Gasteiger partial charge in [-0.25, -0.2) is 5.43 Å². The number of anilines is 2. The number of hydrazone groups is 1. The molecule has 1 aliphatic rings. The van der Waals surface area contributed by atoms with Gasteiger partial charge in [0.25, 0.3) is 5.95 Å². The Kier molecular flexibility index (Phi) is 7.90. The van der Waals surface area contributed by atoms with Crippen molar-refractivity contribution >= 4 is 18.1 Å². The zero-order chi connectivity index (χ0) is 20.3. The molecule has 1 fully saturated rings. The molecule has 1 saturated heterocycles. The van der Waals surface area contributed by atoms with Crippen molar-refractivity contribution in [2.75, 3.05) is 50.2 Å². The summed E-state index contributed by atoms with van der Waals surface area (Å²) in [6, 6.07) is 8.28. The number of morpholine rings is 1. The summed E-state index contributed by atoms with van der Waals surface area (Å²) in [4.78, 5) is 15.2. The van der Waals surface area contributed by atoms with E-state index in [4.69, 9.17) is 9.47 Å². The third-order valence-corrected chi connectivity index (χ3v) is 4.16. The average molecular weight is 397 g/mol. The van der Waals surface area contributed by atoms with Crippen molar-refractivity contribution in [2.24, 2.45) is 5.10 Å². The van der Waals surface area contributed by atoms with Gasteiger partial charge in [0, 0.05) is 19.6 Å². The van der Waals surface area contributed by atoms with E-state index < -0.39 is 0 Å². The fourth-order valence-electron chi connectivity index (χ4n) is 2.70. The monoisotopic (exact) mass is 397 g/mol. The Morgan fingerprint density at radius 3 is 2.83 bits per heavy atom. The molecule has 0 amide bonds.